The molecular formula is C23H27N5O3. The summed E-state index contributed by atoms with van der Waals surface area (Å²) in [6.45, 7) is 2.21. The first kappa shape index (κ1) is 19.0. The molecule has 3 aromatic rings. The van der Waals surface area contributed by atoms with Crippen LogP contribution in [0.25, 0.3) is 11.0 Å². The van der Waals surface area contributed by atoms with E-state index in [0.717, 1.165) is 53.7 Å². The second-order valence-corrected chi connectivity index (χ2v) is 8.85. The number of benzene rings is 1. The number of carbonyl (C=O) groups excluding carboxylic acids is 1. The van der Waals surface area contributed by atoms with Crippen LogP contribution in [-0.4, -0.2) is 68.6 Å². The number of aryl methyl sites for hydroxylation is 2. The Morgan fingerprint density at radius 3 is 2.61 bits per heavy atom. The molecule has 2 saturated heterocycles. The van der Waals surface area contributed by atoms with Crippen LogP contribution in [0.15, 0.2) is 30.6 Å². The summed E-state index contributed by atoms with van der Waals surface area (Å²) in [7, 11) is 1.88. The van der Waals surface area contributed by atoms with Gasteiger partial charge in [-0.05, 0) is 37.8 Å². The highest BCUT2D eigenvalue weighted by molar-refractivity contribution is 5.94. The van der Waals surface area contributed by atoms with Crippen molar-refractivity contribution in [3.8, 4) is 0 Å². The van der Waals surface area contributed by atoms with Crippen molar-refractivity contribution in [1.82, 2.24) is 24.2 Å². The number of nitrogens with zero attached hydrogens (tertiary/aromatic N) is 5. The summed E-state index contributed by atoms with van der Waals surface area (Å²) in [4.78, 5) is 19.7. The van der Waals surface area contributed by atoms with E-state index in [9.17, 15) is 4.79 Å². The highest BCUT2D eigenvalue weighted by atomic mass is 16.6. The summed E-state index contributed by atoms with van der Waals surface area (Å²) >= 11 is 0. The maximum Gasteiger partial charge on any atom is 0.272 e. The van der Waals surface area contributed by atoms with E-state index in [2.05, 4.69) is 20.7 Å². The molecule has 8 nitrogen and oxygen atoms in total. The van der Waals surface area contributed by atoms with Crippen molar-refractivity contribution < 1.29 is 14.3 Å². The Labute approximate surface area is 180 Å². The van der Waals surface area contributed by atoms with E-state index in [-0.39, 0.29) is 24.2 Å². The Morgan fingerprint density at radius 2 is 1.81 bits per heavy atom. The van der Waals surface area contributed by atoms with E-state index < -0.39 is 0 Å². The van der Waals surface area contributed by atoms with Crippen LogP contribution in [0.3, 0.4) is 0 Å². The summed E-state index contributed by atoms with van der Waals surface area (Å²) < 4.78 is 16.4. The molecule has 1 aromatic carbocycles. The maximum absolute atomic E-state index is 13.4. The van der Waals surface area contributed by atoms with Gasteiger partial charge in [0.25, 0.3) is 5.91 Å². The van der Waals surface area contributed by atoms with Gasteiger partial charge in [0.05, 0.1) is 42.3 Å². The number of para-hydroxylation sites is 2. The molecule has 6 rings (SSSR count). The molecule has 2 fully saturated rings. The van der Waals surface area contributed by atoms with E-state index in [4.69, 9.17) is 9.47 Å². The monoisotopic (exact) mass is 421 g/mol. The van der Waals surface area contributed by atoms with Gasteiger partial charge in [0, 0.05) is 25.7 Å². The first-order valence-electron chi connectivity index (χ1n) is 11.2. The molecule has 2 aromatic heterocycles. The van der Waals surface area contributed by atoms with E-state index in [1.54, 1.807) is 4.68 Å². The molecule has 0 saturated carbocycles. The molecule has 1 aliphatic carbocycles. The van der Waals surface area contributed by atoms with Gasteiger partial charge in [0.1, 0.15) is 17.9 Å². The number of fused-ring (bicyclic) bond motifs is 3. The summed E-state index contributed by atoms with van der Waals surface area (Å²) in [5.74, 6) is 0.0515. The minimum Gasteiger partial charge on any atom is -0.371 e. The summed E-state index contributed by atoms with van der Waals surface area (Å²) in [6.07, 6.45) is 5.85. The third-order valence-corrected chi connectivity index (χ3v) is 6.90. The number of likely N-dealkylation sites (tertiary alicyclic amines) is 1. The molecule has 2 atom stereocenters. The van der Waals surface area contributed by atoms with Crippen LogP contribution in [-0.2, 0) is 29.4 Å². The minimum atomic E-state index is -0.104. The van der Waals surface area contributed by atoms with Gasteiger partial charge < -0.3 is 18.9 Å². The maximum atomic E-state index is 13.4. The third kappa shape index (κ3) is 3.16. The number of carbonyl (C=O) groups is 1. The largest absolute Gasteiger partial charge is 0.371 e. The van der Waals surface area contributed by atoms with Crippen LogP contribution < -0.4 is 0 Å². The summed E-state index contributed by atoms with van der Waals surface area (Å²) in [5, 5.41) is 4.61. The fourth-order valence-electron chi connectivity index (χ4n) is 5.28. The molecule has 2 aliphatic heterocycles. The Morgan fingerprint density at radius 1 is 1.06 bits per heavy atom. The van der Waals surface area contributed by atoms with Crippen LogP contribution >= 0.6 is 0 Å². The van der Waals surface area contributed by atoms with E-state index in [0.29, 0.717) is 26.3 Å². The Kier molecular flexibility index (Phi) is 4.57. The number of rotatable bonds is 2. The molecule has 31 heavy (non-hydrogen) atoms. The number of hydrogen-bond donors (Lipinski definition) is 0. The zero-order valence-electron chi connectivity index (χ0n) is 17.7. The summed E-state index contributed by atoms with van der Waals surface area (Å²) in [6, 6.07) is 8.18. The van der Waals surface area contributed by atoms with E-state index in [1.807, 2.05) is 36.5 Å². The second kappa shape index (κ2) is 7.46. The van der Waals surface area contributed by atoms with Crippen LogP contribution in [0, 0.1) is 0 Å². The van der Waals surface area contributed by atoms with Crippen LogP contribution in [0.1, 0.15) is 40.6 Å². The molecule has 0 unspecified atom stereocenters. The zero-order chi connectivity index (χ0) is 20.9. The Balaban J connectivity index is 1.17. The van der Waals surface area contributed by atoms with E-state index in [1.165, 1.54) is 0 Å². The highest BCUT2D eigenvalue weighted by Crippen LogP contribution is 2.29. The van der Waals surface area contributed by atoms with Gasteiger partial charge in [-0.2, -0.15) is 5.10 Å². The molecule has 0 bridgehead atoms. The van der Waals surface area contributed by atoms with Gasteiger partial charge in [-0.3, -0.25) is 9.48 Å². The predicted molar refractivity (Wildman–Crippen MR) is 114 cm³/mol. The zero-order valence-corrected chi connectivity index (χ0v) is 17.7. The Bertz CT molecular complexity index is 1120. The van der Waals surface area contributed by atoms with Gasteiger partial charge >= 0.3 is 0 Å². The fourth-order valence-corrected chi connectivity index (χ4v) is 5.28. The lowest BCUT2D eigenvalue weighted by Crippen LogP contribution is -2.33. The van der Waals surface area contributed by atoms with E-state index >= 15 is 0 Å². The quantitative estimate of drug-likeness (QED) is 0.634. The topological polar surface area (TPSA) is 74.4 Å². The second-order valence-electron chi connectivity index (χ2n) is 8.85. The standard InChI is InChI=1S/C23H27N5O3/c1-26-22(16-6-2-3-7-17(16)25-26)23(29)27-10-20-21(11-27)31-13-15(12-30-20)28-14-24-18-8-4-5-9-19(18)28/h4-5,8-9,14-15,20-21H,2-3,6-7,10-13H2,1H3/t20-,21-/m0/s1. The lowest BCUT2D eigenvalue weighted by atomic mass is 9.95. The molecule has 3 aliphatic rings. The normalized spacial score (nSPS) is 24.2. The first-order valence-corrected chi connectivity index (χ1v) is 11.2. The van der Waals surface area contributed by atoms with Crippen LogP contribution in [0.2, 0.25) is 0 Å². The Hall–Kier alpha value is -2.71. The number of imidazole rings is 1. The predicted octanol–water partition coefficient (Wildman–Crippen LogP) is 2.13. The number of aromatic nitrogens is 4. The van der Waals surface area contributed by atoms with Crippen molar-refractivity contribution in [1.29, 1.82) is 0 Å². The van der Waals surface area contributed by atoms with Crippen molar-refractivity contribution in [3.05, 3.63) is 47.5 Å². The van der Waals surface area contributed by atoms with Gasteiger partial charge in [-0.15, -0.1) is 0 Å². The average molecular weight is 422 g/mol. The summed E-state index contributed by atoms with van der Waals surface area (Å²) in [5.41, 5.74) is 5.04. The fraction of sp³-hybridized carbons (Fsp3) is 0.522. The van der Waals surface area contributed by atoms with Crippen molar-refractivity contribution in [2.45, 2.75) is 43.9 Å². The van der Waals surface area contributed by atoms with Crippen molar-refractivity contribution in [2.24, 2.45) is 7.05 Å². The molecule has 8 heteroatoms. The average Bonchev–Trinajstić information content (AvgIpc) is 3.45. The van der Waals surface area contributed by atoms with Crippen molar-refractivity contribution >= 4 is 16.9 Å². The molecule has 0 spiro atoms. The molecule has 0 N–H and O–H groups in total. The molecule has 162 valence electrons. The van der Waals surface area contributed by atoms with Crippen molar-refractivity contribution in [3.63, 3.8) is 0 Å². The van der Waals surface area contributed by atoms with Crippen molar-refractivity contribution in [2.75, 3.05) is 26.3 Å². The first-order chi connectivity index (χ1) is 15.2. The molecular weight excluding hydrogens is 394 g/mol. The van der Waals surface area contributed by atoms with Gasteiger partial charge in [0.2, 0.25) is 0 Å². The molecule has 0 radical (unpaired) electrons. The smallest absolute Gasteiger partial charge is 0.272 e. The van der Waals surface area contributed by atoms with Gasteiger partial charge in [-0.25, -0.2) is 4.98 Å². The molecule has 1 amide bonds. The lowest BCUT2D eigenvalue weighted by Gasteiger charge is -2.20. The van der Waals surface area contributed by atoms with Crippen LogP contribution in [0.5, 0.6) is 0 Å². The molecule has 4 heterocycles. The van der Waals surface area contributed by atoms with Gasteiger partial charge in [-0.1, -0.05) is 12.1 Å². The lowest BCUT2D eigenvalue weighted by molar-refractivity contribution is -0.00461. The minimum absolute atomic E-state index is 0.0515. The highest BCUT2D eigenvalue weighted by Gasteiger charge is 2.41. The third-order valence-electron chi connectivity index (χ3n) is 6.90. The number of hydrogen-bond acceptors (Lipinski definition) is 5. The van der Waals surface area contributed by atoms with Crippen LogP contribution in [0.4, 0.5) is 0 Å². The SMILES string of the molecule is Cn1nc2c(c1C(=O)N1C[C@@H]3OCC(n4cnc5ccccc54)CO[C@H]3C1)CCCC2. The number of ether oxygens (including phenoxy) is 2. The van der Waals surface area contributed by atoms with Gasteiger partial charge in [0.15, 0.2) is 0 Å². The number of amides is 1.